The summed E-state index contributed by atoms with van der Waals surface area (Å²) in [6.45, 7) is 4.49. The molecule has 1 aromatic carbocycles. The van der Waals surface area contributed by atoms with E-state index in [1.54, 1.807) is 4.90 Å². The van der Waals surface area contributed by atoms with Crippen molar-refractivity contribution in [3.63, 3.8) is 0 Å². The van der Waals surface area contributed by atoms with Gasteiger partial charge in [0, 0.05) is 13.1 Å². The van der Waals surface area contributed by atoms with Gasteiger partial charge in [-0.2, -0.15) is 13.2 Å². The Hall–Kier alpha value is -1.92. The quantitative estimate of drug-likeness (QED) is 0.848. The van der Waals surface area contributed by atoms with Gasteiger partial charge < -0.3 is 15.4 Å². The molecule has 1 aromatic rings. The summed E-state index contributed by atoms with van der Waals surface area (Å²) in [4.78, 5) is 13.3. The highest BCUT2D eigenvalue weighted by Crippen LogP contribution is 2.33. The van der Waals surface area contributed by atoms with E-state index >= 15 is 0 Å². The van der Waals surface area contributed by atoms with Crippen molar-refractivity contribution in [3.05, 3.63) is 23.8 Å². The van der Waals surface area contributed by atoms with Crippen LogP contribution in [0.2, 0.25) is 0 Å². The van der Waals surface area contributed by atoms with Crippen LogP contribution in [0.1, 0.15) is 19.4 Å². The van der Waals surface area contributed by atoms with Gasteiger partial charge in [-0.25, -0.2) is 0 Å². The third-order valence-corrected chi connectivity index (χ3v) is 2.80. The molecule has 1 rings (SSSR count). The molecule has 0 fully saturated rings. The fraction of sp³-hybridized carbons (Fsp3) is 0.462. The van der Waals surface area contributed by atoms with Gasteiger partial charge in [0.25, 0.3) is 5.91 Å². The van der Waals surface area contributed by atoms with E-state index in [0.717, 1.165) is 18.2 Å². The molecule has 7 heteroatoms. The van der Waals surface area contributed by atoms with Crippen molar-refractivity contribution < 1.29 is 22.7 Å². The third kappa shape index (κ3) is 4.04. The number of carbonyl (C=O) groups is 1. The van der Waals surface area contributed by atoms with Crippen LogP contribution in [-0.2, 0) is 11.0 Å². The van der Waals surface area contributed by atoms with Crippen molar-refractivity contribution in [1.82, 2.24) is 4.90 Å². The number of alkyl halides is 3. The lowest BCUT2D eigenvalue weighted by Crippen LogP contribution is -2.34. The molecule has 2 N–H and O–H groups in total. The topological polar surface area (TPSA) is 55.6 Å². The fourth-order valence-corrected chi connectivity index (χ4v) is 1.66. The molecule has 20 heavy (non-hydrogen) atoms. The zero-order valence-corrected chi connectivity index (χ0v) is 11.3. The van der Waals surface area contributed by atoms with Crippen LogP contribution >= 0.6 is 0 Å². The molecule has 112 valence electrons. The van der Waals surface area contributed by atoms with Crippen LogP contribution in [0.3, 0.4) is 0 Å². The van der Waals surface area contributed by atoms with E-state index in [0.29, 0.717) is 13.1 Å². The first-order valence-corrected chi connectivity index (χ1v) is 6.16. The van der Waals surface area contributed by atoms with Crippen molar-refractivity contribution in [3.8, 4) is 5.75 Å². The van der Waals surface area contributed by atoms with Gasteiger partial charge in [0.05, 0.1) is 11.3 Å². The highest BCUT2D eigenvalue weighted by atomic mass is 19.4. The minimum atomic E-state index is -4.45. The Morgan fingerprint density at radius 3 is 2.35 bits per heavy atom. The second-order valence-electron chi connectivity index (χ2n) is 4.11. The molecular formula is C13H17F3N2O2. The van der Waals surface area contributed by atoms with Crippen molar-refractivity contribution >= 4 is 11.6 Å². The van der Waals surface area contributed by atoms with Crippen molar-refractivity contribution in [2.75, 3.05) is 25.4 Å². The van der Waals surface area contributed by atoms with Crippen LogP contribution in [0.4, 0.5) is 18.9 Å². The molecule has 0 radical (unpaired) electrons. The van der Waals surface area contributed by atoms with Crippen molar-refractivity contribution in [2.45, 2.75) is 20.0 Å². The van der Waals surface area contributed by atoms with Gasteiger partial charge in [-0.15, -0.1) is 0 Å². The number of likely N-dealkylation sites (N-methyl/N-ethyl adjacent to an activating group) is 1. The van der Waals surface area contributed by atoms with Gasteiger partial charge >= 0.3 is 6.18 Å². The summed E-state index contributed by atoms with van der Waals surface area (Å²) < 4.78 is 42.5. The molecule has 0 spiro atoms. The summed E-state index contributed by atoms with van der Waals surface area (Å²) >= 11 is 0. The van der Waals surface area contributed by atoms with E-state index in [4.69, 9.17) is 10.5 Å². The first kappa shape index (κ1) is 16.1. The van der Waals surface area contributed by atoms with E-state index in [-0.39, 0.29) is 24.0 Å². The molecule has 0 aromatic heterocycles. The van der Waals surface area contributed by atoms with Crippen LogP contribution in [-0.4, -0.2) is 30.5 Å². The Balaban J connectivity index is 2.73. The van der Waals surface area contributed by atoms with E-state index in [9.17, 15) is 18.0 Å². The largest absolute Gasteiger partial charge is 0.482 e. The summed E-state index contributed by atoms with van der Waals surface area (Å²) in [5.41, 5.74) is 4.50. The maximum absolute atomic E-state index is 12.5. The number of nitrogens with two attached hydrogens (primary N) is 1. The first-order chi connectivity index (χ1) is 9.29. The van der Waals surface area contributed by atoms with E-state index in [2.05, 4.69) is 0 Å². The molecule has 0 atom stereocenters. The summed E-state index contributed by atoms with van der Waals surface area (Å²) in [5, 5.41) is 0. The van der Waals surface area contributed by atoms with Crippen molar-refractivity contribution in [2.24, 2.45) is 0 Å². The highest BCUT2D eigenvalue weighted by molar-refractivity contribution is 5.78. The number of amides is 1. The zero-order chi connectivity index (χ0) is 15.3. The van der Waals surface area contributed by atoms with Crippen LogP contribution in [0.25, 0.3) is 0 Å². The molecule has 0 heterocycles. The normalized spacial score (nSPS) is 11.2. The van der Waals surface area contributed by atoms with Crippen molar-refractivity contribution in [1.29, 1.82) is 0 Å². The smallest absolute Gasteiger partial charge is 0.416 e. The summed E-state index contributed by atoms with van der Waals surface area (Å²) in [7, 11) is 0. The lowest BCUT2D eigenvalue weighted by atomic mass is 10.2. The van der Waals surface area contributed by atoms with Crippen LogP contribution < -0.4 is 10.5 Å². The molecule has 0 aliphatic rings. The van der Waals surface area contributed by atoms with Gasteiger partial charge in [0.15, 0.2) is 6.61 Å². The molecule has 0 aliphatic carbocycles. The van der Waals surface area contributed by atoms with Crippen LogP contribution in [0, 0.1) is 0 Å². The van der Waals surface area contributed by atoms with Gasteiger partial charge in [-0.05, 0) is 32.0 Å². The SMILES string of the molecule is CCN(CC)C(=O)COc1ccc(C(F)(F)F)cc1N. The minimum Gasteiger partial charge on any atom is -0.482 e. The molecular weight excluding hydrogens is 273 g/mol. The highest BCUT2D eigenvalue weighted by Gasteiger charge is 2.31. The Morgan fingerprint density at radius 1 is 1.30 bits per heavy atom. The standard InChI is InChI=1S/C13H17F3N2O2/c1-3-18(4-2)12(19)8-20-11-6-5-9(7-10(11)17)13(14,15)16/h5-7H,3-4,8,17H2,1-2H3. The number of rotatable bonds is 5. The van der Waals surface area contributed by atoms with E-state index in [1.807, 2.05) is 13.8 Å². The minimum absolute atomic E-state index is 0.0681. The monoisotopic (exact) mass is 290 g/mol. The predicted octanol–water partition coefficient (Wildman–Crippen LogP) is 2.53. The van der Waals surface area contributed by atoms with Gasteiger partial charge in [-0.1, -0.05) is 0 Å². The van der Waals surface area contributed by atoms with Gasteiger partial charge in [-0.3, -0.25) is 4.79 Å². The molecule has 0 saturated carbocycles. The lowest BCUT2D eigenvalue weighted by molar-refractivity contribution is -0.137. The molecule has 0 saturated heterocycles. The summed E-state index contributed by atoms with van der Waals surface area (Å²) in [6.07, 6.45) is -4.45. The number of benzene rings is 1. The van der Waals surface area contributed by atoms with Gasteiger partial charge in [0.1, 0.15) is 5.75 Å². The number of hydrogen-bond acceptors (Lipinski definition) is 3. The molecule has 0 unspecified atom stereocenters. The molecule has 0 bridgehead atoms. The predicted molar refractivity (Wildman–Crippen MR) is 69.3 cm³/mol. The van der Waals surface area contributed by atoms with E-state index < -0.39 is 11.7 Å². The number of anilines is 1. The Kier molecular flexibility index (Phi) is 5.24. The number of ether oxygens (including phenoxy) is 1. The third-order valence-electron chi connectivity index (χ3n) is 2.80. The number of nitrogen functional groups attached to an aromatic ring is 1. The lowest BCUT2D eigenvalue weighted by Gasteiger charge is -2.19. The second-order valence-corrected chi connectivity index (χ2v) is 4.11. The number of carbonyl (C=O) groups excluding carboxylic acids is 1. The average molecular weight is 290 g/mol. The van der Waals surface area contributed by atoms with E-state index in [1.165, 1.54) is 0 Å². The maximum Gasteiger partial charge on any atom is 0.416 e. The molecule has 1 amide bonds. The Bertz CT molecular complexity index is 471. The number of halogens is 3. The number of nitrogens with zero attached hydrogens (tertiary/aromatic N) is 1. The first-order valence-electron chi connectivity index (χ1n) is 6.16. The van der Waals surface area contributed by atoms with Crippen LogP contribution in [0.15, 0.2) is 18.2 Å². The number of hydrogen-bond donors (Lipinski definition) is 1. The second kappa shape index (κ2) is 6.49. The fourth-order valence-electron chi connectivity index (χ4n) is 1.66. The molecule has 4 nitrogen and oxygen atoms in total. The average Bonchev–Trinajstić information content (AvgIpc) is 2.37. The summed E-state index contributed by atoms with van der Waals surface area (Å²) in [5.74, 6) is -0.173. The molecule has 0 aliphatic heterocycles. The maximum atomic E-state index is 12.5. The zero-order valence-electron chi connectivity index (χ0n) is 11.3. The Labute approximate surface area is 115 Å². The summed E-state index contributed by atoms with van der Waals surface area (Å²) in [6, 6.07) is 2.78. The Morgan fingerprint density at radius 2 is 1.90 bits per heavy atom. The van der Waals surface area contributed by atoms with Crippen LogP contribution in [0.5, 0.6) is 5.75 Å². The van der Waals surface area contributed by atoms with Gasteiger partial charge in [0.2, 0.25) is 0 Å².